The molecule has 1 aliphatic carbocycles. The number of aromatic nitrogens is 1. The topological polar surface area (TPSA) is 33.2 Å². The van der Waals surface area contributed by atoms with E-state index < -0.39 is 0 Å². The molecule has 0 fully saturated rings. The van der Waals surface area contributed by atoms with Crippen molar-refractivity contribution in [1.29, 1.82) is 0 Å². The monoisotopic (exact) mass is 572 g/mol. The first-order valence-corrected chi connectivity index (χ1v) is 17.0. The van der Waals surface area contributed by atoms with Gasteiger partial charge in [0.25, 0.3) is 0 Å². The Hall–Kier alpha value is -1.52. The second-order valence-corrected chi connectivity index (χ2v) is 13.4. The summed E-state index contributed by atoms with van der Waals surface area (Å²) in [5.41, 5.74) is 6.06. The van der Waals surface area contributed by atoms with Crippen molar-refractivity contribution in [3.05, 3.63) is 39.7 Å². The van der Waals surface area contributed by atoms with Gasteiger partial charge in [0, 0.05) is 16.9 Å². The molecule has 3 nitrogen and oxygen atoms in total. The van der Waals surface area contributed by atoms with E-state index in [0.29, 0.717) is 5.92 Å². The zero-order chi connectivity index (χ0) is 30.8. The first-order chi connectivity index (χ1) is 19.0. The number of fused-ring (bicyclic) bond motifs is 1. The average Bonchev–Trinajstić information content (AvgIpc) is 3.41. The third-order valence-corrected chi connectivity index (χ3v) is 8.76. The summed E-state index contributed by atoms with van der Waals surface area (Å²) >= 11 is 1.86. The minimum atomic E-state index is 0.257. The second-order valence-electron chi connectivity index (χ2n) is 12.5. The van der Waals surface area contributed by atoms with Gasteiger partial charge in [0.15, 0.2) is 0 Å². The van der Waals surface area contributed by atoms with Gasteiger partial charge in [-0.05, 0) is 87.7 Å². The summed E-state index contributed by atoms with van der Waals surface area (Å²) in [7, 11) is 4.26. The lowest BCUT2D eigenvalue weighted by Crippen LogP contribution is -2.33. The largest absolute Gasteiger partial charge is 0.309 e. The van der Waals surface area contributed by atoms with Crippen molar-refractivity contribution >= 4 is 17.6 Å². The maximum atomic E-state index is 8.81. The van der Waals surface area contributed by atoms with Gasteiger partial charge in [0.2, 0.25) is 0 Å². The molecular formula is C36H64N2OS. The van der Waals surface area contributed by atoms with Gasteiger partial charge in [-0.25, -0.2) is 4.98 Å². The van der Waals surface area contributed by atoms with Gasteiger partial charge in [0.05, 0.1) is 10.7 Å². The van der Waals surface area contributed by atoms with Gasteiger partial charge < -0.3 is 9.69 Å². The first-order valence-electron chi connectivity index (χ1n) is 16.1. The summed E-state index contributed by atoms with van der Waals surface area (Å²) in [4.78, 5) is 16.1. The number of carbonyl (C=O) groups is 1. The van der Waals surface area contributed by atoms with E-state index in [1.54, 1.807) is 0 Å². The van der Waals surface area contributed by atoms with Crippen LogP contribution in [-0.4, -0.2) is 36.8 Å². The van der Waals surface area contributed by atoms with Crippen LogP contribution in [0.2, 0.25) is 0 Å². The van der Waals surface area contributed by atoms with Gasteiger partial charge in [-0.2, -0.15) is 0 Å². The molecule has 0 amide bonds. The summed E-state index contributed by atoms with van der Waals surface area (Å²) in [6, 6.07) is 7.11. The smallest absolute Gasteiger partial charge is 0.116 e. The molecular weight excluding hydrogens is 508 g/mol. The molecule has 0 N–H and O–H groups in total. The lowest BCUT2D eigenvalue weighted by atomic mass is 9.63. The summed E-state index contributed by atoms with van der Waals surface area (Å²) in [6.45, 7) is 23.1. The van der Waals surface area contributed by atoms with Crippen LogP contribution in [0.15, 0.2) is 23.6 Å². The number of thiazole rings is 1. The molecule has 0 aliphatic heterocycles. The highest BCUT2D eigenvalue weighted by molar-refractivity contribution is 7.10. The molecule has 0 radical (unpaired) electrons. The average molecular weight is 573 g/mol. The third kappa shape index (κ3) is 13.0. The molecule has 1 aromatic heterocycles. The Labute approximate surface area is 253 Å². The Morgan fingerprint density at radius 3 is 1.95 bits per heavy atom. The fourth-order valence-corrected chi connectivity index (χ4v) is 6.30. The van der Waals surface area contributed by atoms with Crippen LogP contribution in [0.1, 0.15) is 155 Å². The summed E-state index contributed by atoms with van der Waals surface area (Å²) in [5.74, 6) is 0.636. The SMILES string of the molecule is CC.CC=O.CCCC(CCC)c1nc(-c2ccc3c(c2)C(C)(C)CCC3(C)C)cs1.CCCCCCN(C)C. The minimum absolute atomic E-state index is 0.257. The fraction of sp³-hybridized carbons (Fsp3) is 0.722. The number of aldehydes is 1. The Bertz CT molecular complexity index is 923. The Morgan fingerprint density at radius 2 is 1.45 bits per heavy atom. The van der Waals surface area contributed by atoms with E-state index in [1.807, 2.05) is 25.2 Å². The molecule has 3 rings (SSSR count). The molecule has 2 aromatic rings. The van der Waals surface area contributed by atoms with Crippen LogP contribution in [0.25, 0.3) is 11.3 Å². The van der Waals surface area contributed by atoms with E-state index in [0.717, 1.165) is 6.29 Å². The molecule has 0 spiro atoms. The second kappa shape index (κ2) is 20.4. The normalized spacial score (nSPS) is 14.7. The number of rotatable bonds is 11. The lowest BCUT2D eigenvalue weighted by molar-refractivity contribution is -0.106. The maximum Gasteiger partial charge on any atom is 0.116 e. The van der Waals surface area contributed by atoms with Crippen LogP contribution >= 0.6 is 11.3 Å². The van der Waals surface area contributed by atoms with Crippen molar-refractivity contribution in [3.63, 3.8) is 0 Å². The fourth-order valence-electron chi connectivity index (χ4n) is 5.30. The number of carbonyl (C=O) groups excluding carboxylic acids is 1. The Balaban J connectivity index is 0.000000912. The molecule has 1 aromatic carbocycles. The molecule has 4 heteroatoms. The molecule has 230 valence electrons. The molecule has 0 bridgehead atoms. The molecule has 1 aliphatic rings. The summed E-state index contributed by atoms with van der Waals surface area (Å²) in [6.07, 6.45) is 13.8. The van der Waals surface area contributed by atoms with E-state index in [1.165, 1.54) is 105 Å². The minimum Gasteiger partial charge on any atom is -0.309 e. The number of nitrogens with zero attached hydrogens (tertiary/aromatic N) is 2. The lowest BCUT2D eigenvalue weighted by Gasteiger charge is -2.42. The number of unbranched alkanes of at least 4 members (excludes halogenated alkanes) is 3. The Kier molecular flexibility index (Phi) is 19.6. The maximum absolute atomic E-state index is 8.81. The van der Waals surface area contributed by atoms with Crippen LogP contribution < -0.4 is 0 Å². The predicted octanol–water partition coefficient (Wildman–Crippen LogP) is 11.2. The van der Waals surface area contributed by atoms with Gasteiger partial charge in [0.1, 0.15) is 6.29 Å². The first kappa shape index (κ1) is 38.5. The van der Waals surface area contributed by atoms with E-state index in [9.17, 15) is 0 Å². The molecule has 0 saturated heterocycles. The van der Waals surface area contributed by atoms with E-state index >= 15 is 0 Å². The van der Waals surface area contributed by atoms with Gasteiger partial charge in [-0.1, -0.05) is 107 Å². The van der Waals surface area contributed by atoms with Gasteiger partial charge in [-0.3, -0.25) is 0 Å². The van der Waals surface area contributed by atoms with Crippen LogP contribution in [0.5, 0.6) is 0 Å². The highest BCUT2D eigenvalue weighted by Gasteiger charge is 2.37. The van der Waals surface area contributed by atoms with Crippen LogP contribution in [0.3, 0.4) is 0 Å². The van der Waals surface area contributed by atoms with Crippen molar-refractivity contribution in [2.75, 3.05) is 20.6 Å². The Morgan fingerprint density at radius 1 is 0.900 bits per heavy atom. The highest BCUT2D eigenvalue weighted by atomic mass is 32.1. The van der Waals surface area contributed by atoms with Crippen molar-refractivity contribution < 1.29 is 4.79 Å². The van der Waals surface area contributed by atoms with Crippen molar-refractivity contribution in [2.45, 2.75) is 150 Å². The molecule has 40 heavy (non-hydrogen) atoms. The molecule has 0 unspecified atom stereocenters. The predicted molar refractivity (Wildman–Crippen MR) is 181 cm³/mol. The highest BCUT2D eigenvalue weighted by Crippen LogP contribution is 2.47. The third-order valence-electron chi connectivity index (χ3n) is 7.75. The number of hydrogen-bond acceptors (Lipinski definition) is 4. The van der Waals surface area contributed by atoms with Gasteiger partial charge >= 0.3 is 0 Å². The van der Waals surface area contributed by atoms with Gasteiger partial charge in [-0.15, -0.1) is 11.3 Å². The zero-order valence-electron chi connectivity index (χ0n) is 28.5. The standard InChI is InChI=1S/C24H35NS.C8H19N.C2H4O.C2H6/c1-7-9-17(10-8-2)22-25-21(16-26-22)18-11-12-19-20(15-18)24(5,6)14-13-23(19,3)4;1-4-5-6-7-8-9(2)3;1-2-3;1-2/h11-12,15-17H,7-10,13-14H2,1-6H3;4-8H2,1-3H3;2H,1H3;1-2H3. The van der Waals surface area contributed by atoms with Crippen LogP contribution in [0, 0.1) is 0 Å². The summed E-state index contributed by atoms with van der Waals surface area (Å²) in [5, 5.41) is 3.61. The van der Waals surface area contributed by atoms with E-state index in [2.05, 4.69) is 91.0 Å². The zero-order valence-corrected chi connectivity index (χ0v) is 29.3. The van der Waals surface area contributed by atoms with E-state index in [-0.39, 0.29) is 10.8 Å². The van der Waals surface area contributed by atoms with Crippen molar-refractivity contribution in [1.82, 2.24) is 9.88 Å². The van der Waals surface area contributed by atoms with E-state index in [4.69, 9.17) is 9.78 Å². The van der Waals surface area contributed by atoms with Crippen molar-refractivity contribution in [2.24, 2.45) is 0 Å². The van der Waals surface area contributed by atoms with Crippen LogP contribution in [-0.2, 0) is 15.6 Å². The number of benzene rings is 1. The summed E-state index contributed by atoms with van der Waals surface area (Å²) < 4.78 is 0. The molecule has 0 atom stereocenters. The van der Waals surface area contributed by atoms with Crippen molar-refractivity contribution in [3.8, 4) is 11.3 Å². The molecule has 0 saturated carbocycles. The molecule has 1 heterocycles. The quantitative estimate of drug-likeness (QED) is 0.198. The number of hydrogen-bond donors (Lipinski definition) is 0. The van der Waals surface area contributed by atoms with Crippen LogP contribution in [0.4, 0.5) is 0 Å².